The molecule has 10 heteroatoms. The van der Waals surface area contributed by atoms with Gasteiger partial charge in [0.1, 0.15) is 5.75 Å². The molecule has 0 spiro atoms. The summed E-state index contributed by atoms with van der Waals surface area (Å²) in [4.78, 5) is 18.7. The van der Waals surface area contributed by atoms with Crippen LogP contribution in [0.15, 0.2) is 57.9 Å². The van der Waals surface area contributed by atoms with Gasteiger partial charge in [-0.2, -0.15) is 9.29 Å². The van der Waals surface area contributed by atoms with Crippen LogP contribution in [0.3, 0.4) is 0 Å². The van der Waals surface area contributed by atoms with Crippen LogP contribution in [0.1, 0.15) is 49.4 Å². The van der Waals surface area contributed by atoms with Gasteiger partial charge in [-0.1, -0.05) is 48.8 Å². The van der Waals surface area contributed by atoms with Crippen molar-refractivity contribution < 1.29 is 22.5 Å². The number of ether oxygens (including phenoxy) is 1. The molecule has 0 atom stereocenters. The van der Waals surface area contributed by atoms with Crippen molar-refractivity contribution in [2.24, 2.45) is 0 Å². The Morgan fingerprint density at radius 2 is 1.94 bits per heavy atom. The molecular weight excluding hydrogens is 456 g/mol. The van der Waals surface area contributed by atoms with Gasteiger partial charge in [0, 0.05) is 19.0 Å². The van der Waals surface area contributed by atoms with Crippen molar-refractivity contribution in [3.8, 4) is 5.75 Å². The maximum atomic E-state index is 13.5. The van der Waals surface area contributed by atoms with E-state index in [0.29, 0.717) is 29.7 Å². The normalized spacial score (nSPS) is 16.3. The van der Waals surface area contributed by atoms with Gasteiger partial charge in [-0.3, -0.25) is 9.69 Å². The fourth-order valence-corrected chi connectivity index (χ4v) is 5.57. The first-order valence-corrected chi connectivity index (χ1v) is 12.8. The van der Waals surface area contributed by atoms with E-state index in [1.54, 1.807) is 13.0 Å². The zero-order valence-corrected chi connectivity index (χ0v) is 19.7. The highest BCUT2D eigenvalue weighted by Gasteiger charge is 2.32. The number of carbonyl (C=O) groups is 1. The summed E-state index contributed by atoms with van der Waals surface area (Å²) < 4.78 is 39.3. The largest absolute Gasteiger partial charge is 0.482 e. The number of hydrogen-bond donors (Lipinski definition) is 0. The summed E-state index contributed by atoms with van der Waals surface area (Å²) >= 11 is 0. The molecule has 2 aromatic carbocycles. The molecule has 0 N–H and O–H groups in total. The van der Waals surface area contributed by atoms with Gasteiger partial charge in [0.2, 0.25) is 15.9 Å². The number of hydrogen-bond acceptors (Lipinski definition) is 7. The van der Waals surface area contributed by atoms with Crippen molar-refractivity contribution >= 4 is 21.6 Å². The predicted octanol–water partition coefficient (Wildman–Crippen LogP) is 3.47. The molecule has 1 amide bonds. The van der Waals surface area contributed by atoms with Crippen molar-refractivity contribution in [3.63, 3.8) is 0 Å². The van der Waals surface area contributed by atoms with E-state index in [4.69, 9.17) is 9.26 Å². The van der Waals surface area contributed by atoms with E-state index < -0.39 is 10.0 Å². The van der Waals surface area contributed by atoms with Crippen LogP contribution in [0.25, 0.3) is 0 Å². The van der Waals surface area contributed by atoms with E-state index in [2.05, 4.69) is 10.1 Å². The predicted molar refractivity (Wildman–Crippen MR) is 124 cm³/mol. The van der Waals surface area contributed by atoms with Gasteiger partial charge < -0.3 is 9.26 Å². The average molecular weight is 483 g/mol. The summed E-state index contributed by atoms with van der Waals surface area (Å²) in [6, 6.07) is 14.0. The smallest absolute Gasteiger partial charge is 0.265 e. The quantitative estimate of drug-likeness (QED) is 0.484. The molecule has 0 saturated heterocycles. The van der Waals surface area contributed by atoms with Gasteiger partial charge in [0.15, 0.2) is 12.4 Å². The topological polar surface area (TPSA) is 106 Å². The number of anilines is 1. The van der Waals surface area contributed by atoms with Crippen LogP contribution in [-0.4, -0.2) is 41.9 Å². The summed E-state index contributed by atoms with van der Waals surface area (Å²) in [5.74, 6) is 1.41. The van der Waals surface area contributed by atoms with Crippen molar-refractivity contribution in [1.82, 2.24) is 14.4 Å². The van der Waals surface area contributed by atoms with Crippen LogP contribution in [0.4, 0.5) is 5.69 Å². The monoisotopic (exact) mass is 482 g/mol. The van der Waals surface area contributed by atoms with Gasteiger partial charge in [-0.05, 0) is 36.6 Å². The molecule has 1 aliphatic carbocycles. The minimum absolute atomic E-state index is 0.0798. The van der Waals surface area contributed by atoms with Crippen LogP contribution in [0.2, 0.25) is 0 Å². The van der Waals surface area contributed by atoms with Crippen molar-refractivity contribution in [2.75, 3.05) is 18.1 Å². The molecule has 1 fully saturated rings. The second-order valence-electron chi connectivity index (χ2n) is 8.49. The van der Waals surface area contributed by atoms with Gasteiger partial charge in [-0.25, -0.2) is 8.42 Å². The SMILES string of the molecule is CCN(Cc1ccccc1)S(=O)(=O)c1ccc2c(c1)N(Cc1noc(C3CCC3)n1)C(=O)CO2. The lowest BCUT2D eigenvalue weighted by Gasteiger charge is -2.29. The Bertz CT molecular complexity index is 1290. The van der Waals surface area contributed by atoms with Gasteiger partial charge >= 0.3 is 0 Å². The van der Waals surface area contributed by atoms with E-state index in [1.807, 2.05) is 30.3 Å². The number of carbonyl (C=O) groups excluding carboxylic acids is 1. The maximum absolute atomic E-state index is 13.5. The Morgan fingerprint density at radius 1 is 1.15 bits per heavy atom. The van der Waals surface area contributed by atoms with Crippen LogP contribution >= 0.6 is 0 Å². The Balaban J connectivity index is 1.43. The Hall–Kier alpha value is -3.24. The molecule has 1 aliphatic heterocycles. The first-order chi connectivity index (χ1) is 16.5. The number of rotatable bonds is 8. The summed E-state index contributed by atoms with van der Waals surface area (Å²) in [5, 5.41) is 4.03. The molecule has 2 aliphatic rings. The number of amides is 1. The van der Waals surface area contributed by atoms with E-state index >= 15 is 0 Å². The molecule has 1 saturated carbocycles. The Labute approximate surface area is 198 Å². The van der Waals surface area contributed by atoms with E-state index in [-0.39, 0.29) is 36.4 Å². The third-order valence-corrected chi connectivity index (χ3v) is 8.22. The second kappa shape index (κ2) is 9.19. The highest BCUT2D eigenvalue weighted by Crippen LogP contribution is 2.37. The molecule has 2 heterocycles. The number of nitrogens with zero attached hydrogens (tertiary/aromatic N) is 4. The molecule has 0 bridgehead atoms. The van der Waals surface area contributed by atoms with E-state index in [1.165, 1.54) is 21.3 Å². The first-order valence-electron chi connectivity index (χ1n) is 11.4. The first kappa shape index (κ1) is 22.5. The van der Waals surface area contributed by atoms with Crippen molar-refractivity contribution in [2.45, 2.75) is 50.1 Å². The van der Waals surface area contributed by atoms with Crippen molar-refractivity contribution in [1.29, 1.82) is 0 Å². The van der Waals surface area contributed by atoms with Crippen LogP contribution in [0, 0.1) is 0 Å². The Morgan fingerprint density at radius 3 is 2.65 bits per heavy atom. The van der Waals surface area contributed by atoms with Gasteiger partial charge in [-0.15, -0.1) is 0 Å². The minimum atomic E-state index is -3.81. The molecular formula is C24H26N4O5S. The fourth-order valence-electron chi connectivity index (χ4n) is 4.11. The summed E-state index contributed by atoms with van der Waals surface area (Å²) in [6.07, 6.45) is 3.20. The molecule has 0 radical (unpaired) electrons. The maximum Gasteiger partial charge on any atom is 0.265 e. The van der Waals surface area contributed by atoms with E-state index in [9.17, 15) is 13.2 Å². The second-order valence-corrected chi connectivity index (χ2v) is 10.4. The summed E-state index contributed by atoms with van der Waals surface area (Å²) in [5.41, 5.74) is 1.27. The summed E-state index contributed by atoms with van der Waals surface area (Å²) in [7, 11) is -3.81. The van der Waals surface area contributed by atoms with Crippen LogP contribution in [0.5, 0.6) is 5.75 Å². The molecule has 1 aromatic heterocycles. The third kappa shape index (κ3) is 4.30. The van der Waals surface area contributed by atoms with Crippen molar-refractivity contribution in [3.05, 3.63) is 65.8 Å². The molecule has 34 heavy (non-hydrogen) atoms. The van der Waals surface area contributed by atoms with Gasteiger partial charge in [0.25, 0.3) is 5.91 Å². The lowest BCUT2D eigenvalue weighted by molar-refractivity contribution is -0.121. The highest BCUT2D eigenvalue weighted by atomic mass is 32.2. The van der Waals surface area contributed by atoms with Crippen LogP contribution < -0.4 is 9.64 Å². The minimum Gasteiger partial charge on any atom is -0.482 e. The lowest BCUT2D eigenvalue weighted by atomic mass is 9.85. The Kier molecular flexibility index (Phi) is 6.09. The molecule has 9 nitrogen and oxygen atoms in total. The molecule has 5 rings (SSSR count). The number of fused-ring (bicyclic) bond motifs is 1. The average Bonchev–Trinajstić information content (AvgIpc) is 3.26. The number of sulfonamides is 1. The molecule has 3 aromatic rings. The standard InChI is InChI=1S/C24H26N4O5S/c1-2-27(14-17-7-4-3-5-8-17)34(30,31)19-11-12-21-20(13-19)28(23(29)16-32-21)15-22-25-24(33-26-22)18-9-6-10-18/h3-5,7-8,11-13,18H,2,6,9-10,14-16H2,1H3. The zero-order valence-electron chi connectivity index (χ0n) is 18.9. The van der Waals surface area contributed by atoms with E-state index in [0.717, 1.165) is 24.8 Å². The number of aromatic nitrogens is 2. The summed E-state index contributed by atoms with van der Waals surface area (Å²) in [6.45, 7) is 2.30. The van der Waals surface area contributed by atoms with Crippen LogP contribution in [-0.2, 0) is 27.9 Å². The molecule has 178 valence electrons. The van der Waals surface area contributed by atoms with Gasteiger partial charge in [0.05, 0.1) is 17.1 Å². The third-order valence-electron chi connectivity index (χ3n) is 6.30. The number of benzene rings is 2. The zero-order chi connectivity index (χ0) is 23.7. The lowest BCUT2D eigenvalue weighted by Crippen LogP contribution is -2.39. The fraction of sp³-hybridized carbons (Fsp3) is 0.375. The highest BCUT2D eigenvalue weighted by molar-refractivity contribution is 7.89. The molecule has 0 unspecified atom stereocenters.